The van der Waals surface area contributed by atoms with Crippen molar-refractivity contribution in [2.45, 2.75) is 25.0 Å². The first-order chi connectivity index (χ1) is 7.72. The van der Waals surface area contributed by atoms with Crippen LogP contribution in [-0.4, -0.2) is 24.8 Å². The molecule has 1 saturated heterocycles. The van der Waals surface area contributed by atoms with Gasteiger partial charge < -0.3 is 15.2 Å². The minimum absolute atomic E-state index is 0.159. The second kappa shape index (κ2) is 5.33. The van der Waals surface area contributed by atoms with Crippen LogP contribution in [0.25, 0.3) is 0 Å². The molecule has 16 heavy (non-hydrogen) atoms. The first-order valence-corrected chi connectivity index (χ1v) is 6.55. The monoisotopic (exact) mass is 333 g/mol. The number of rotatable bonds is 3. The Labute approximate surface area is 109 Å². The van der Waals surface area contributed by atoms with Crippen LogP contribution in [0.2, 0.25) is 0 Å². The van der Waals surface area contributed by atoms with Crippen LogP contribution < -0.4 is 10.1 Å². The SMILES string of the molecule is COc1ccc(I)cc1C(O)C1CCCN1. The van der Waals surface area contributed by atoms with Crippen LogP contribution in [-0.2, 0) is 0 Å². The maximum atomic E-state index is 10.3. The lowest BCUT2D eigenvalue weighted by atomic mass is 10.0. The van der Waals surface area contributed by atoms with Gasteiger partial charge >= 0.3 is 0 Å². The standard InChI is InChI=1S/C12H16INO2/c1-16-11-5-4-8(13)7-9(11)12(15)10-3-2-6-14-10/h4-5,7,10,12,14-15H,2-3,6H2,1H3. The molecule has 2 N–H and O–H groups in total. The van der Waals surface area contributed by atoms with E-state index in [0.29, 0.717) is 0 Å². The highest BCUT2D eigenvalue weighted by Gasteiger charge is 2.26. The lowest BCUT2D eigenvalue weighted by Gasteiger charge is -2.21. The van der Waals surface area contributed by atoms with E-state index in [2.05, 4.69) is 27.9 Å². The molecule has 1 aromatic rings. The van der Waals surface area contributed by atoms with Crippen molar-refractivity contribution in [3.05, 3.63) is 27.3 Å². The number of benzene rings is 1. The first kappa shape index (κ1) is 12.1. The zero-order valence-corrected chi connectivity index (χ0v) is 11.4. The third-order valence-corrected chi connectivity index (χ3v) is 3.66. The maximum Gasteiger partial charge on any atom is 0.124 e. The normalized spacial score (nSPS) is 22.1. The summed E-state index contributed by atoms with van der Waals surface area (Å²) >= 11 is 2.25. The molecule has 1 fully saturated rings. The number of hydrogen-bond acceptors (Lipinski definition) is 3. The number of nitrogens with one attached hydrogen (secondary N) is 1. The van der Waals surface area contributed by atoms with Crippen molar-refractivity contribution in [3.63, 3.8) is 0 Å². The Morgan fingerprint density at radius 1 is 1.56 bits per heavy atom. The average Bonchev–Trinajstić information content (AvgIpc) is 2.81. The van der Waals surface area contributed by atoms with Crippen LogP contribution in [0, 0.1) is 3.57 Å². The van der Waals surface area contributed by atoms with Crippen molar-refractivity contribution in [1.82, 2.24) is 5.32 Å². The Hall–Kier alpha value is -0.330. The zero-order valence-electron chi connectivity index (χ0n) is 9.24. The fourth-order valence-corrected chi connectivity index (χ4v) is 2.65. The predicted molar refractivity (Wildman–Crippen MR) is 71.7 cm³/mol. The quantitative estimate of drug-likeness (QED) is 0.833. The van der Waals surface area contributed by atoms with E-state index in [4.69, 9.17) is 4.74 Å². The molecule has 0 spiro atoms. The van der Waals surface area contributed by atoms with E-state index in [9.17, 15) is 5.11 Å². The third kappa shape index (κ3) is 2.49. The number of methoxy groups -OCH3 is 1. The predicted octanol–water partition coefficient (Wildman–Crippen LogP) is 2.09. The summed E-state index contributed by atoms with van der Waals surface area (Å²) in [5.41, 5.74) is 0.883. The van der Waals surface area contributed by atoms with E-state index in [0.717, 1.165) is 34.3 Å². The van der Waals surface area contributed by atoms with E-state index >= 15 is 0 Å². The Morgan fingerprint density at radius 2 is 2.38 bits per heavy atom. The molecule has 1 aromatic carbocycles. The first-order valence-electron chi connectivity index (χ1n) is 5.47. The third-order valence-electron chi connectivity index (χ3n) is 2.99. The second-order valence-corrected chi connectivity index (χ2v) is 5.28. The lowest BCUT2D eigenvalue weighted by molar-refractivity contribution is 0.134. The fraction of sp³-hybridized carbons (Fsp3) is 0.500. The largest absolute Gasteiger partial charge is 0.496 e. The molecule has 2 atom stereocenters. The number of aliphatic hydroxyl groups excluding tert-OH is 1. The molecular weight excluding hydrogens is 317 g/mol. The van der Waals surface area contributed by atoms with Gasteiger partial charge in [-0.05, 0) is 60.2 Å². The van der Waals surface area contributed by atoms with E-state index in [1.807, 2.05) is 18.2 Å². The maximum absolute atomic E-state index is 10.3. The Bertz CT molecular complexity index is 364. The molecule has 0 amide bonds. The van der Waals surface area contributed by atoms with E-state index in [-0.39, 0.29) is 6.04 Å². The molecule has 0 aromatic heterocycles. The highest BCUT2D eigenvalue weighted by molar-refractivity contribution is 14.1. The van der Waals surface area contributed by atoms with Gasteiger partial charge in [-0.25, -0.2) is 0 Å². The lowest BCUT2D eigenvalue weighted by Crippen LogP contribution is -2.29. The van der Waals surface area contributed by atoms with Crippen molar-refractivity contribution in [1.29, 1.82) is 0 Å². The van der Waals surface area contributed by atoms with Crippen molar-refractivity contribution < 1.29 is 9.84 Å². The summed E-state index contributed by atoms with van der Waals surface area (Å²) in [4.78, 5) is 0. The summed E-state index contributed by atoms with van der Waals surface area (Å²) in [5.74, 6) is 0.765. The van der Waals surface area contributed by atoms with Crippen molar-refractivity contribution in [2.24, 2.45) is 0 Å². The van der Waals surface area contributed by atoms with Gasteiger partial charge in [0.2, 0.25) is 0 Å². The number of halogens is 1. The molecule has 2 rings (SSSR count). The Balaban J connectivity index is 2.26. The van der Waals surface area contributed by atoms with Crippen LogP contribution in [0.5, 0.6) is 5.75 Å². The summed E-state index contributed by atoms with van der Waals surface area (Å²) in [6.07, 6.45) is 1.68. The summed E-state index contributed by atoms with van der Waals surface area (Å²) in [6.45, 7) is 0.994. The Kier molecular flexibility index (Phi) is 4.05. The minimum Gasteiger partial charge on any atom is -0.496 e. The van der Waals surface area contributed by atoms with Gasteiger partial charge in [-0.15, -0.1) is 0 Å². The molecule has 0 bridgehead atoms. The van der Waals surface area contributed by atoms with Crippen molar-refractivity contribution in [2.75, 3.05) is 13.7 Å². The zero-order chi connectivity index (χ0) is 11.5. The van der Waals surface area contributed by atoms with Crippen molar-refractivity contribution >= 4 is 22.6 Å². The molecule has 1 aliphatic heterocycles. The van der Waals surface area contributed by atoms with Crippen LogP contribution >= 0.6 is 22.6 Å². The summed E-state index contributed by atoms with van der Waals surface area (Å²) in [6, 6.07) is 6.05. The van der Waals surface area contributed by atoms with Crippen molar-refractivity contribution in [3.8, 4) is 5.75 Å². The van der Waals surface area contributed by atoms with Crippen LogP contribution in [0.3, 0.4) is 0 Å². The molecule has 0 radical (unpaired) electrons. The highest BCUT2D eigenvalue weighted by Crippen LogP contribution is 2.31. The average molecular weight is 333 g/mol. The summed E-state index contributed by atoms with van der Waals surface area (Å²) in [7, 11) is 1.64. The number of aliphatic hydroxyl groups is 1. The highest BCUT2D eigenvalue weighted by atomic mass is 127. The Morgan fingerprint density at radius 3 is 3.00 bits per heavy atom. The molecule has 0 saturated carbocycles. The van der Waals surface area contributed by atoms with E-state index in [1.165, 1.54) is 0 Å². The second-order valence-electron chi connectivity index (χ2n) is 4.03. The smallest absolute Gasteiger partial charge is 0.124 e. The topological polar surface area (TPSA) is 41.5 Å². The van der Waals surface area contributed by atoms with E-state index < -0.39 is 6.10 Å². The van der Waals surface area contributed by atoms with Gasteiger partial charge in [-0.3, -0.25) is 0 Å². The van der Waals surface area contributed by atoms with Crippen LogP contribution in [0.1, 0.15) is 24.5 Å². The van der Waals surface area contributed by atoms with Gasteiger partial charge in [0.05, 0.1) is 13.2 Å². The summed E-state index contributed by atoms with van der Waals surface area (Å²) in [5, 5.41) is 13.6. The van der Waals surface area contributed by atoms with Crippen LogP contribution in [0.4, 0.5) is 0 Å². The molecule has 2 unspecified atom stereocenters. The van der Waals surface area contributed by atoms with Gasteiger partial charge in [0.15, 0.2) is 0 Å². The fourth-order valence-electron chi connectivity index (χ4n) is 2.13. The number of hydrogen-bond donors (Lipinski definition) is 2. The van der Waals surface area contributed by atoms with Crippen LogP contribution in [0.15, 0.2) is 18.2 Å². The van der Waals surface area contributed by atoms with Gasteiger partial charge in [0.1, 0.15) is 5.75 Å². The van der Waals surface area contributed by atoms with E-state index in [1.54, 1.807) is 7.11 Å². The summed E-state index contributed by atoms with van der Waals surface area (Å²) < 4.78 is 6.41. The minimum atomic E-state index is -0.479. The molecule has 0 aliphatic carbocycles. The molecule has 1 aliphatic rings. The molecular formula is C12H16INO2. The van der Waals surface area contributed by atoms with Gasteiger partial charge in [0, 0.05) is 15.2 Å². The van der Waals surface area contributed by atoms with Gasteiger partial charge in [-0.1, -0.05) is 0 Å². The number of ether oxygens (including phenoxy) is 1. The molecule has 1 heterocycles. The van der Waals surface area contributed by atoms with Gasteiger partial charge in [0.25, 0.3) is 0 Å². The molecule has 3 nitrogen and oxygen atoms in total. The molecule has 4 heteroatoms. The molecule has 88 valence electrons. The van der Waals surface area contributed by atoms with Gasteiger partial charge in [-0.2, -0.15) is 0 Å².